The molecule has 2 rings (SSSR count). The molecule has 3 heteroatoms. The van der Waals surface area contributed by atoms with Gasteiger partial charge in [0.2, 0.25) is 0 Å². The summed E-state index contributed by atoms with van der Waals surface area (Å²) in [4.78, 5) is 0. The second-order valence-corrected chi connectivity index (χ2v) is 3.46. The molecular formula is C9H11N3. The van der Waals surface area contributed by atoms with Gasteiger partial charge in [-0.2, -0.15) is 10.4 Å². The van der Waals surface area contributed by atoms with Crippen molar-refractivity contribution >= 4 is 0 Å². The average molecular weight is 161 g/mol. The summed E-state index contributed by atoms with van der Waals surface area (Å²) >= 11 is 0. The molecule has 1 aromatic heterocycles. The van der Waals surface area contributed by atoms with E-state index in [4.69, 9.17) is 5.26 Å². The van der Waals surface area contributed by atoms with Gasteiger partial charge in [0, 0.05) is 6.20 Å². The van der Waals surface area contributed by atoms with Gasteiger partial charge >= 0.3 is 0 Å². The number of aryl methyl sites for hydroxylation is 1. The van der Waals surface area contributed by atoms with Gasteiger partial charge in [0.05, 0.1) is 12.3 Å². The van der Waals surface area contributed by atoms with E-state index in [2.05, 4.69) is 11.2 Å². The molecule has 1 fully saturated rings. The van der Waals surface area contributed by atoms with E-state index in [1.807, 2.05) is 17.8 Å². The number of rotatable bonds is 1. The molecule has 0 spiro atoms. The van der Waals surface area contributed by atoms with Crippen molar-refractivity contribution in [3.63, 3.8) is 0 Å². The summed E-state index contributed by atoms with van der Waals surface area (Å²) in [6, 6.07) is 2.34. The molecule has 1 aliphatic rings. The van der Waals surface area contributed by atoms with Crippen LogP contribution in [0.4, 0.5) is 0 Å². The first-order valence-electron chi connectivity index (χ1n) is 4.20. The highest BCUT2D eigenvalue weighted by atomic mass is 15.3. The van der Waals surface area contributed by atoms with Gasteiger partial charge in [-0.25, -0.2) is 0 Å². The monoisotopic (exact) mass is 161 g/mol. The fourth-order valence-corrected chi connectivity index (χ4v) is 1.55. The Balaban J connectivity index is 2.35. The van der Waals surface area contributed by atoms with Crippen LogP contribution in [-0.4, -0.2) is 9.78 Å². The Morgan fingerprint density at radius 3 is 2.75 bits per heavy atom. The molecule has 0 N–H and O–H groups in total. The van der Waals surface area contributed by atoms with Crippen LogP contribution in [0.5, 0.6) is 0 Å². The third-order valence-corrected chi connectivity index (χ3v) is 2.54. The number of hydrogen-bond donors (Lipinski definition) is 0. The third kappa shape index (κ3) is 0.845. The van der Waals surface area contributed by atoms with Crippen LogP contribution in [-0.2, 0) is 5.54 Å². The molecule has 0 amide bonds. The predicted molar refractivity (Wildman–Crippen MR) is 44.4 cm³/mol. The highest BCUT2D eigenvalue weighted by molar-refractivity contribution is 5.13. The van der Waals surface area contributed by atoms with Crippen molar-refractivity contribution in [2.45, 2.75) is 31.7 Å². The Bertz CT molecular complexity index is 328. The normalized spacial score (nSPS) is 19.7. The molecule has 1 heterocycles. The van der Waals surface area contributed by atoms with E-state index in [-0.39, 0.29) is 5.54 Å². The van der Waals surface area contributed by atoms with Crippen molar-refractivity contribution in [1.29, 1.82) is 5.26 Å². The fourth-order valence-electron chi connectivity index (χ4n) is 1.55. The number of nitriles is 1. The minimum atomic E-state index is -0.311. The summed E-state index contributed by atoms with van der Waals surface area (Å²) in [5, 5.41) is 13.2. The van der Waals surface area contributed by atoms with Gasteiger partial charge in [0.25, 0.3) is 0 Å². The summed E-state index contributed by atoms with van der Waals surface area (Å²) in [7, 11) is 0. The van der Waals surface area contributed by atoms with Crippen LogP contribution in [0.1, 0.15) is 24.8 Å². The lowest BCUT2D eigenvalue weighted by Crippen LogP contribution is -2.39. The lowest BCUT2D eigenvalue weighted by molar-refractivity contribution is 0.197. The number of aromatic nitrogens is 2. The van der Waals surface area contributed by atoms with Crippen molar-refractivity contribution < 1.29 is 0 Å². The largest absolute Gasteiger partial charge is 0.252 e. The van der Waals surface area contributed by atoms with Gasteiger partial charge in [-0.05, 0) is 31.7 Å². The fraction of sp³-hybridized carbons (Fsp3) is 0.556. The molecule has 0 bridgehead atoms. The Labute approximate surface area is 71.6 Å². The molecule has 1 aliphatic carbocycles. The molecule has 0 atom stereocenters. The molecule has 0 aliphatic heterocycles. The number of hydrogen-bond acceptors (Lipinski definition) is 2. The van der Waals surface area contributed by atoms with Crippen LogP contribution in [0.3, 0.4) is 0 Å². The minimum absolute atomic E-state index is 0.311. The van der Waals surface area contributed by atoms with E-state index in [1.165, 1.54) is 0 Å². The predicted octanol–water partition coefficient (Wildman–Crippen LogP) is 1.59. The molecule has 0 radical (unpaired) electrons. The topological polar surface area (TPSA) is 41.6 Å². The minimum Gasteiger partial charge on any atom is -0.252 e. The smallest absolute Gasteiger partial charge is 0.148 e. The highest BCUT2D eigenvalue weighted by Gasteiger charge is 2.39. The molecule has 0 saturated heterocycles. The zero-order chi connectivity index (χ0) is 8.60. The van der Waals surface area contributed by atoms with Crippen molar-refractivity contribution in [3.05, 3.63) is 18.0 Å². The van der Waals surface area contributed by atoms with E-state index < -0.39 is 0 Å². The van der Waals surface area contributed by atoms with Gasteiger partial charge in [-0.15, -0.1) is 0 Å². The summed E-state index contributed by atoms with van der Waals surface area (Å²) in [6.07, 6.45) is 6.79. The maximum Gasteiger partial charge on any atom is 0.148 e. The van der Waals surface area contributed by atoms with Crippen molar-refractivity contribution in [2.24, 2.45) is 0 Å². The quantitative estimate of drug-likeness (QED) is 0.627. The lowest BCUT2D eigenvalue weighted by atomic mass is 9.78. The molecule has 1 saturated carbocycles. The van der Waals surface area contributed by atoms with Crippen molar-refractivity contribution in [1.82, 2.24) is 9.78 Å². The van der Waals surface area contributed by atoms with Crippen LogP contribution in [0.25, 0.3) is 0 Å². The first kappa shape index (κ1) is 7.35. The van der Waals surface area contributed by atoms with Crippen LogP contribution >= 0.6 is 0 Å². The molecule has 0 aromatic carbocycles. The van der Waals surface area contributed by atoms with E-state index in [0.717, 1.165) is 24.8 Å². The Morgan fingerprint density at radius 1 is 1.67 bits per heavy atom. The zero-order valence-corrected chi connectivity index (χ0v) is 7.12. The zero-order valence-electron chi connectivity index (χ0n) is 7.12. The second kappa shape index (κ2) is 2.34. The third-order valence-electron chi connectivity index (χ3n) is 2.54. The summed E-state index contributed by atoms with van der Waals surface area (Å²) < 4.78 is 1.81. The molecule has 3 nitrogen and oxygen atoms in total. The Hall–Kier alpha value is -1.30. The molecule has 12 heavy (non-hydrogen) atoms. The molecule has 1 aromatic rings. The van der Waals surface area contributed by atoms with Crippen molar-refractivity contribution in [3.8, 4) is 6.07 Å². The van der Waals surface area contributed by atoms with E-state index in [9.17, 15) is 0 Å². The van der Waals surface area contributed by atoms with Gasteiger partial charge in [-0.1, -0.05) is 0 Å². The summed E-state index contributed by atoms with van der Waals surface area (Å²) in [5.41, 5.74) is 0.811. The first-order valence-corrected chi connectivity index (χ1v) is 4.20. The van der Waals surface area contributed by atoms with Gasteiger partial charge in [0.15, 0.2) is 0 Å². The van der Waals surface area contributed by atoms with E-state index >= 15 is 0 Å². The molecule has 62 valence electrons. The van der Waals surface area contributed by atoms with Crippen LogP contribution in [0, 0.1) is 18.3 Å². The van der Waals surface area contributed by atoms with Crippen LogP contribution in [0.15, 0.2) is 12.4 Å². The Kier molecular flexibility index (Phi) is 1.44. The SMILES string of the molecule is Cc1cnn(C2(C#N)CCC2)c1. The maximum absolute atomic E-state index is 8.99. The van der Waals surface area contributed by atoms with Crippen LogP contribution < -0.4 is 0 Å². The number of nitrogens with zero attached hydrogens (tertiary/aromatic N) is 3. The van der Waals surface area contributed by atoms with Crippen LogP contribution in [0.2, 0.25) is 0 Å². The van der Waals surface area contributed by atoms with E-state index in [0.29, 0.717) is 0 Å². The summed E-state index contributed by atoms with van der Waals surface area (Å²) in [5.74, 6) is 0. The van der Waals surface area contributed by atoms with Gasteiger partial charge in [-0.3, -0.25) is 4.68 Å². The summed E-state index contributed by atoms with van der Waals surface area (Å²) in [6.45, 7) is 1.99. The average Bonchev–Trinajstić information content (AvgIpc) is 2.35. The maximum atomic E-state index is 8.99. The standard InChI is InChI=1S/C9H11N3/c1-8-5-11-12(6-8)9(7-10)3-2-4-9/h5-6H,2-4H2,1H3. The molecular weight excluding hydrogens is 150 g/mol. The van der Waals surface area contributed by atoms with Gasteiger partial charge in [0.1, 0.15) is 5.54 Å². The van der Waals surface area contributed by atoms with Crippen molar-refractivity contribution in [2.75, 3.05) is 0 Å². The van der Waals surface area contributed by atoms with E-state index in [1.54, 1.807) is 6.20 Å². The first-order chi connectivity index (χ1) is 5.77. The van der Waals surface area contributed by atoms with Gasteiger partial charge < -0.3 is 0 Å². The molecule has 0 unspecified atom stereocenters. The lowest BCUT2D eigenvalue weighted by Gasteiger charge is -2.35. The second-order valence-electron chi connectivity index (χ2n) is 3.46. The Morgan fingerprint density at radius 2 is 2.42 bits per heavy atom. The highest BCUT2D eigenvalue weighted by Crippen LogP contribution is 2.37.